The van der Waals surface area contributed by atoms with Crippen LogP contribution in [-0.2, 0) is 0 Å². The molecule has 224 valence electrons. The number of rotatable bonds is 20. The number of nitrogens with zero attached hydrogens (tertiary/aromatic N) is 6. The van der Waals surface area contributed by atoms with Crippen molar-refractivity contribution in [3.05, 3.63) is 82.9 Å². The molecular weight excluding hydrogens is 524 g/mol. The van der Waals surface area contributed by atoms with Crippen LogP contribution in [0.2, 0.25) is 0 Å². The molecule has 0 radical (unpaired) electrons. The molecule has 0 bridgehead atoms. The summed E-state index contributed by atoms with van der Waals surface area (Å²) >= 11 is 0. The Morgan fingerprint density at radius 1 is 0.524 bits per heavy atom. The van der Waals surface area contributed by atoms with E-state index in [1.807, 2.05) is 36.4 Å². The van der Waals surface area contributed by atoms with Crippen molar-refractivity contribution < 1.29 is 4.92 Å². The normalized spacial score (nSPS) is 11.5. The number of azo groups is 2. The van der Waals surface area contributed by atoms with Crippen LogP contribution in [0.25, 0.3) is 0 Å². The molecule has 3 aromatic carbocycles. The van der Waals surface area contributed by atoms with Crippen molar-refractivity contribution in [2.24, 2.45) is 20.5 Å². The van der Waals surface area contributed by atoms with Gasteiger partial charge in [-0.25, -0.2) is 0 Å². The van der Waals surface area contributed by atoms with Crippen molar-refractivity contribution in [3.8, 4) is 0 Å². The summed E-state index contributed by atoms with van der Waals surface area (Å²) in [5.74, 6) is 0. The van der Waals surface area contributed by atoms with E-state index in [-0.39, 0.29) is 5.69 Å². The average molecular weight is 571 g/mol. The molecule has 0 amide bonds. The maximum atomic E-state index is 10.8. The minimum atomic E-state index is -0.439. The smallest absolute Gasteiger partial charge is 0.269 e. The molecule has 0 aliphatic rings. The fourth-order valence-corrected chi connectivity index (χ4v) is 4.72. The molecule has 3 rings (SSSR count). The second kappa shape index (κ2) is 19.2. The summed E-state index contributed by atoms with van der Waals surface area (Å²) in [6.07, 6.45) is 15.7. The minimum Gasteiger partial charge on any atom is -0.372 e. The van der Waals surface area contributed by atoms with Crippen molar-refractivity contribution in [2.75, 3.05) is 18.0 Å². The van der Waals surface area contributed by atoms with Gasteiger partial charge in [-0.3, -0.25) is 10.1 Å². The van der Waals surface area contributed by atoms with Gasteiger partial charge in [0.05, 0.1) is 27.7 Å². The van der Waals surface area contributed by atoms with Crippen molar-refractivity contribution >= 4 is 34.1 Å². The van der Waals surface area contributed by atoms with Gasteiger partial charge < -0.3 is 4.90 Å². The van der Waals surface area contributed by atoms with Crippen molar-refractivity contribution in [2.45, 2.75) is 90.9 Å². The minimum absolute atomic E-state index is 0.0250. The highest BCUT2D eigenvalue weighted by atomic mass is 16.6. The van der Waals surface area contributed by atoms with Gasteiger partial charge >= 0.3 is 0 Å². The lowest BCUT2D eigenvalue weighted by Gasteiger charge is -2.25. The van der Waals surface area contributed by atoms with Crippen LogP contribution in [-0.4, -0.2) is 18.0 Å². The van der Waals surface area contributed by atoms with E-state index in [4.69, 9.17) is 0 Å². The van der Waals surface area contributed by atoms with E-state index in [1.54, 1.807) is 12.1 Å². The van der Waals surface area contributed by atoms with E-state index < -0.39 is 4.92 Å². The summed E-state index contributed by atoms with van der Waals surface area (Å²) < 4.78 is 0. The molecule has 8 heteroatoms. The van der Waals surface area contributed by atoms with Crippen LogP contribution in [0.5, 0.6) is 0 Å². The lowest BCUT2D eigenvalue weighted by atomic mass is 10.1. The highest BCUT2D eigenvalue weighted by Gasteiger charge is 2.07. The average Bonchev–Trinajstić information content (AvgIpc) is 3.02. The molecule has 0 unspecified atom stereocenters. The van der Waals surface area contributed by atoms with Crippen LogP contribution < -0.4 is 4.90 Å². The third-order valence-electron chi connectivity index (χ3n) is 7.25. The van der Waals surface area contributed by atoms with Crippen LogP contribution in [0.15, 0.2) is 93.3 Å². The molecular formula is C34H46N6O2. The van der Waals surface area contributed by atoms with Crippen molar-refractivity contribution in [3.63, 3.8) is 0 Å². The Balaban J connectivity index is 1.53. The summed E-state index contributed by atoms with van der Waals surface area (Å²) in [4.78, 5) is 12.9. The molecule has 0 aliphatic heterocycles. The Morgan fingerprint density at radius 2 is 0.857 bits per heavy atom. The van der Waals surface area contributed by atoms with Crippen LogP contribution in [0, 0.1) is 10.1 Å². The molecule has 0 fully saturated rings. The molecule has 0 aliphatic carbocycles. The predicted octanol–water partition coefficient (Wildman–Crippen LogP) is 12.0. The zero-order valence-corrected chi connectivity index (χ0v) is 25.3. The van der Waals surface area contributed by atoms with Crippen LogP contribution in [0.1, 0.15) is 90.9 Å². The SMILES string of the molecule is CCCCCCCCN(CCCCCCCC)c1ccc(N=Nc2ccc(N=Nc3ccc([N+](=O)[O-])cc3)cc2)cc1. The third-order valence-corrected chi connectivity index (χ3v) is 7.25. The number of benzene rings is 3. The van der Waals surface area contributed by atoms with Crippen LogP contribution >= 0.6 is 0 Å². The van der Waals surface area contributed by atoms with Gasteiger partial charge in [-0.2, -0.15) is 20.5 Å². The van der Waals surface area contributed by atoms with Gasteiger partial charge in [0.2, 0.25) is 0 Å². The fraction of sp³-hybridized carbons (Fsp3) is 0.471. The summed E-state index contributed by atoms with van der Waals surface area (Å²) in [6.45, 7) is 6.75. The first-order valence-electron chi connectivity index (χ1n) is 15.6. The van der Waals surface area contributed by atoms with E-state index in [0.717, 1.165) is 24.5 Å². The lowest BCUT2D eigenvalue weighted by Crippen LogP contribution is -2.25. The number of nitro groups is 1. The number of nitro benzene ring substituents is 1. The van der Waals surface area contributed by atoms with Gasteiger partial charge in [0.25, 0.3) is 5.69 Å². The Hall–Kier alpha value is -3.94. The van der Waals surface area contributed by atoms with Gasteiger partial charge in [-0.1, -0.05) is 78.1 Å². The van der Waals surface area contributed by atoms with E-state index in [2.05, 4.69) is 51.3 Å². The van der Waals surface area contributed by atoms with Crippen LogP contribution in [0.4, 0.5) is 34.1 Å². The molecule has 0 N–H and O–H groups in total. The highest BCUT2D eigenvalue weighted by Crippen LogP contribution is 2.26. The summed E-state index contributed by atoms with van der Waals surface area (Å²) in [5, 5.41) is 27.9. The zero-order chi connectivity index (χ0) is 29.8. The number of hydrogen-bond acceptors (Lipinski definition) is 7. The summed E-state index contributed by atoms with van der Waals surface area (Å²) in [6, 6.07) is 21.7. The number of anilines is 1. The quantitative estimate of drug-likeness (QED) is 0.0585. The Morgan fingerprint density at radius 3 is 1.24 bits per heavy atom. The molecule has 0 saturated carbocycles. The van der Waals surface area contributed by atoms with Gasteiger partial charge in [0.1, 0.15) is 0 Å². The van der Waals surface area contributed by atoms with Crippen molar-refractivity contribution in [1.82, 2.24) is 0 Å². The van der Waals surface area contributed by atoms with E-state index in [1.165, 1.54) is 94.9 Å². The third kappa shape index (κ3) is 12.3. The molecule has 0 saturated heterocycles. The fourth-order valence-electron chi connectivity index (χ4n) is 4.72. The van der Waals surface area contributed by atoms with E-state index in [0.29, 0.717) is 11.4 Å². The lowest BCUT2D eigenvalue weighted by molar-refractivity contribution is -0.384. The molecule has 8 nitrogen and oxygen atoms in total. The molecule has 42 heavy (non-hydrogen) atoms. The number of unbranched alkanes of at least 4 members (excludes halogenated alkanes) is 10. The molecule has 0 heterocycles. The monoisotopic (exact) mass is 570 g/mol. The Kier molecular flexibility index (Phi) is 14.9. The highest BCUT2D eigenvalue weighted by molar-refractivity contribution is 5.53. The first-order chi connectivity index (χ1) is 20.6. The number of hydrogen-bond donors (Lipinski definition) is 0. The predicted molar refractivity (Wildman–Crippen MR) is 173 cm³/mol. The standard InChI is InChI=1S/C34H46N6O2/c1-3-5-7-9-11-13-27-39(28-14-12-10-8-6-4-2)33-23-19-31(20-24-33)37-35-29-15-17-30(18-16-29)36-38-32-21-25-34(26-22-32)40(41)42/h15-26H,3-14,27-28H2,1-2H3. The summed E-state index contributed by atoms with van der Waals surface area (Å²) in [5.41, 5.74) is 4.04. The summed E-state index contributed by atoms with van der Waals surface area (Å²) in [7, 11) is 0. The van der Waals surface area contributed by atoms with Crippen LogP contribution in [0.3, 0.4) is 0 Å². The molecule has 0 spiro atoms. The van der Waals surface area contributed by atoms with E-state index in [9.17, 15) is 10.1 Å². The van der Waals surface area contributed by atoms with Crippen molar-refractivity contribution in [1.29, 1.82) is 0 Å². The van der Waals surface area contributed by atoms with Gasteiger partial charge in [-0.05, 0) is 73.5 Å². The number of non-ortho nitro benzene ring substituents is 1. The maximum Gasteiger partial charge on any atom is 0.269 e. The largest absolute Gasteiger partial charge is 0.372 e. The van der Waals surface area contributed by atoms with Gasteiger partial charge in [0, 0.05) is 30.9 Å². The molecule has 3 aromatic rings. The maximum absolute atomic E-state index is 10.8. The molecule has 0 atom stereocenters. The van der Waals surface area contributed by atoms with E-state index >= 15 is 0 Å². The second-order valence-corrected chi connectivity index (χ2v) is 10.7. The zero-order valence-electron chi connectivity index (χ0n) is 25.3. The topological polar surface area (TPSA) is 95.8 Å². The Labute approximate surface area is 251 Å². The molecule has 0 aromatic heterocycles. The second-order valence-electron chi connectivity index (χ2n) is 10.7. The first-order valence-corrected chi connectivity index (χ1v) is 15.6. The Bertz CT molecular complexity index is 1210. The first kappa shape index (κ1) is 32.6. The van der Waals surface area contributed by atoms with Gasteiger partial charge in [-0.15, -0.1) is 0 Å². The van der Waals surface area contributed by atoms with Gasteiger partial charge in [0.15, 0.2) is 0 Å².